The lowest BCUT2D eigenvalue weighted by molar-refractivity contribution is -0.132. The molecule has 1 atom stereocenters. The van der Waals surface area contributed by atoms with Crippen LogP contribution in [0.3, 0.4) is 0 Å². The van der Waals surface area contributed by atoms with Gasteiger partial charge in [0, 0.05) is 27.1 Å². The van der Waals surface area contributed by atoms with E-state index in [1.54, 1.807) is 32.8 Å². The number of carbonyl (C=O) groups is 3. The van der Waals surface area contributed by atoms with E-state index in [2.05, 4.69) is 0 Å². The number of urea groups is 1. The summed E-state index contributed by atoms with van der Waals surface area (Å²) in [4.78, 5) is 39.9. The number of hydrogen-bond donors (Lipinski definition) is 0. The number of rotatable bonds is 1. The summed E-state index contributed by atoms with van der Waals surface area (Å²) in [5, 5.41) is 0. The molecule has 6 nitrogen and oxygen atoms in total. The van der Waals surface area contributed by atoms with Crippen molar-refractivity contribution in [2.75, 3.05) is 20.6 Å². The maximum atomic E-state index is 12.2. The molecular weight excluding hydrogens is 222 g/mol. The Hall–Kier alpha value is -1.59. The van der Waals surface area contributed by atoms with Crippen molar-refractivity contribution in [3.63, 3.8) is 0 Å². The van der Waals surface area contributed by atoms with Gasteiger partial charge in [-0.15, -0.1) is 0 Å². The zero-order valence-corrected chi connectivity index (χ0v) is 10.6. The molecular formula is C11H17N3O3. The van der Waals surface area contributed by atoms with E-state index in [9.17, 15) is 14.4 Å². The highest BCUT2D eigenvalue weighted by Gasteiger charge is 2.53. The van der Waals surface area contributed by atoms with Crippen LogP contribution in [-0.4, -0.2) is 64.8 Å². The third-order valence-corrected chi connectivity index (χ3v) is 3.76. The van der Waals surface area contributed by atoms with E-state index < -0.39 is 5.54 Å². The number of amides is 4. The average Bonchev–Trinajstić information content (AvgIpc) is 2.63. The first-order valence-corrected chi connectivity index (χ1v) is 5.62. The smallest absolute Gasteiger partial charge is 0.327 e. The molecule has 0 bridgehead atoms. The molecule has 94 valence electrons. The van der Waals surface area contributed by atoms with E-state index in [-0.39, 0.29) is 30.3 Å². The van der Waals surface area contributed by atoms with Crippen LogP contribution < -0.4 is 0 Å². The lowest BCUT2D eigenvalue weighted by Crippen LogP contribution is -2.44. The molecule has 2 fully saturated rings. The van der Waals surface area contributed by atoms with Crippen LogP contribution in [0, 0.1) is 0 Å². The maximum Gasteiger partial charge on any atom is 0.327 e. The van der Waals surface area contributed by atoms with Crippen LogP contribution in [0.15, 0.2) is 0 Å². The number of nitrogens with zero attached hydrogens (tertiary/aromatic N) is 3. The molecule has 2 saturated heterocycles. The van der Waals surface area contributed by atoms with Crippen molar-refractivity contribution in [1.82, 2.24) is 14.7 Å². The molecule has 0 N–H and O–H groups in total. The fraction of sp³-hybridized carbons (Fsp3) is 0.727. The van der Waals surface area contributed by atoms with Gasteiger partial charge < -0.3 is 9.80 Å². The Morgan fingerprint density at radius 3 is 2.12 bits per heavy atom. The molecule has 0 radical (unpaired) electrons. The van der Waals surface area contributed by atoms with Crippen molar-refractivity contribution in [1.29, 1.82) is 0 Å². The number of likely N-dealkylation sites (tertiary alicyclic amines) is 1. The molecule has 1 unspecified atom stereocenters. The molecule has 17 heavy (non-hydrogen) atoms. The van der Waals surface area contributed by atoms with E-state index in [1.165, 1.54) is 9.80 Å². The first-order chi connectivity index (χ1) is 7.76. The SMILES string of the molecule is CN1CC(N2C(=O)N(C)C(C)(C)C2=O)CC1=O. The minimum Gasteiger partial charge on any atom is -0.344 e. The normalized spacial score (nSPS) is 28.6. The fourth-order valence-electron chi connectivity index (χ4n) is 2.26. The van der Waals surface area contributed by atoms with Crippen molar-refractivity contribution in [2.24, 2.45) is 0 Å². The first kappa shape index (κ1) is 11.9. The Bertz CT molecular complexity index is 405. The second kappa shape index (κ2) is 3.45. The third-order valence-electron chi connectivity index (χ3n) is 3.76. The van der Waals surface area contributed by atoms with Crippen molar-refractivity contribution < 1.29 is 14.4 Å². The van der Waals surface area contributed by atoms with Crippen molar-refractivity contribution in [3.8, 4) is 0 Å². The molecule has 2 heterocycles. The second-order valence-corrected chi connectivity index (χ2v) is 5.21. The average molecular weight is 239 g/mol. The second-order valence-electron chi connectivity index (χ2n) is 5.21. The molecule has 0 aromatic rings. The van der Waals surface area contributed by atoms with Crippen LogP contribution in [-0.2, 0) is 9.59 Å². The Morgan fingerprint density at radius 1 is 1.18 bits per heavy atom. The van der Waals surface area contributed by atoms with Gasteiger partial charge in [-0.2, -0.15) is 0 Å². The van der Waals surface area contributed by atoms with E-state index in [4.69, 9.17) is 0 Å². The van der Waals surface area contributed by atoms with Crippen LogP contribution >= 0.6 is 0 Å². The van der Waals surface area contributed by atoms with Crippen LogP contribution in [0.1, 0.15) is 20.3 Å². The van der Waals surface area contributed by atoms with E-state index in [1.807, 2.05) is 0 Å². The molecule has 2 rings (SSSR count). The third kappa shape index (κ3) is 1.50. The van der Waals surface area contributed by atoms with Crippen LogP contribution in [0.2, 0.25) is 0 Å². The predicted molar refractivity (Wildman–Crippen MR) is 60.1 cm³/mol. The van der Waals surface area contributed by atoms with E-state index >= 15 is 0 Å². The first-order valence-electron chi connectivity index (χ1n) is 5.62. The monoisotopic (exact) mass is 239 g/mol. The molecule has 2 aliphatic heterocycles. The molecule has 0 spiro atoms. The zero-order valence-electron chi connectivity index (χ0n) is 10.6. The van der Waals surface area contributed by atoms with Crippen molar-refractivity contribution in [2.45, 2.75) is 31.8 Å². The van der Waals surface area contributed by atoms with Gasteiger partial charge in [0.25, 0.3) is 5.91 Å². The van der Waals surface area contributed by atoms with Crippen LogP contribution in [0.25, 0.3) is 0 Å². The lowest BCUT2D eigenvalue weighted by Gasteiger charge is -2.22. The maximum absolute atomic E-state index is 12.2. The summed E-state index contributed by atoms with van der Waals surface area (Å²) >= 11 is 0. The summed E-state index contributed by atoms with van der Waals surface area (Å²) in [5.41, 5.74) is -0.818. The summed E-state index contributed by atoms with van der Waals surface area (Å²) in [6.07, 6.45) is 0.234. The quantitative estimate of drug-likeness (QED) is 0.600. The van der Waals surface area contributed by atoms with Gasteiger partial charge in [0.15, 0.2) is 0 Å². The van der Waals surface area contributed by atoms with E-state index in [0.29, 0.717) is 6.54 Å². The minimum atomic E-state index is -0.818. The predicted octanol–water partition coefficient (Wildman–Crippen LogP) is -0.110. The standard InChI is InChI=1S/C11H17N3O3/c1-11(2)9(16)14(10(17)13(11)4)7-5-8(15)12(3)6-7/h7H,5-6H2,1-4H3. The Labute approximate surface area is 100 Å². The Balaban J connectivity index is 2.26. The van der Waals surface area contributed by atoms with Crippen molar-refractivity contribution in [3.05, 3.63) is 0 Å². The highest BCUT2D eigenvalue weighted by atomic mass is 16.2. The Kier molecular flexibility index (Phi) is 2.41. The molecule has 0 aliphatic carbocycles. The van der Waals surface area contributed by atoms with Gasteiger partial charge >= 0.3 is 6.03 Å². The van der Waals surface area contributed by atoms with Crippen molar-refractivity contribution >= 4 is 17.8 Å². The van der Waals surface area contributed by atoms with Crippen LogP contribution in [0.5, 0.6) is 0 Å². The highest BCUT2D eigenvalue weighted by Crippen LogP contribution is 2.30. The largest absolute Gasteiger partial charge is 0.344 e. The summed E-state index contributed by atoms with van der Waals surface area (Å²) < 4.78 is 0. The highest BCUT2D eigenvalue weighted by molar-refractivity contribution is 6.07. The molecule has 0 aromatic heterocycles. The lowest BCUT2D eigenvalue weighted by atomic mass is 10.0. The fourth-order valence-corrected chi connectivity index (χ4v) is 2.26. The molecule has 2 aliphatic rings. The number of hydrogen-bond acceptors (Lipinski definition) is 3. The molecule has 0 aromatic carbocycles. The van der Waals surface area contributed by atoms with E-state index in [0.717, 1.165) is 0 Å². The summed E-state index contributed by atoms with van der Waals surface area (Å²) in [6, 6.07) is -0.634. The zero-order chi connectivity index (χ0) is 13.0. The summed E-state index contributed by atoms with van der Waals surface area (Å²) in [5.74, 6) is -0.249. The number of imide groups is 1. The van der Waals surface area contributed by atoms with Gasteiger partial charge in [0.2, 0.25) is 5.91 Å². The minimum absolute atomic E-state index is 0.0250. The molecule has 0 saturated carbocycles. The topological polar surface area (TPSA) is 60.9 Å². The van der Waals surface area contributed by atoms with Gasteiger partial charge in [0.05, 0.1) is 6.04 Å². The number of likely N-dealkylation sites (N-methyl/N-ethyl adjacent to an activating group) is 2. The summed E-state index contributed by atoms with van der Waals surface area (Å²) in [7, 11) is 3.29. The van der Waals surface area contributed by atoms with Gasteiger partial charge in [-0.3, -0.25) is 14.5 Å². The van der Waals surface area contributed by atoms with Gasteiger partial charge in [-0.25, -0.2) is 4.79 Å². The summed E-state index contributed by atoms with van der Waals surface area (Å²) in [6.45, 7) is 3.86. The molecule has 4 amide bonds. The van der Waals surface area contributed by atoms with Crippen LogP contribution in [0.4, 0.5) is 4.79 Å². The van der Waals surface area contributed by atoms with Gasteiger partial charge in [0.1, 0.15) is 5.54 Å². The van der Waals surface area contributed by atoms with Gasteiger partial charge in [-0.1, -0.05) is 0 Å². The van der Waals surface area contributed by atoms with Gasteiger partial charge in [-0.05, 0) is 13.8 Å². The molecule has 6 heteroatoms. The Morgan fingerprint density at radius 2 is 1.76 bits per heavy atom. The number of carbonyl (C=O) groups excluding carboxylic acids is 3.